The summed E-state index contributed by atoms with van der Waals surface area (Å²) >= 11 is 0. The molecular weight excluding hydrogens is 318 g/mol. The standard InChI is InChI=1S/C20H21NO4/c1-6-21-17-9-19(24-4)13(11(2)22)7-15(17)16-8-14(12(3)23)20(25-5)10-18(16)21/h7-10H,6H2,1-5H3. The summed E-state index contributed by atoms with van der Waals surface area (Å²) < 4.78 is 12.9. The molecule has 0 atom stereocenters. The number of aryl methyl sites for hydroxylation is 1. The minimum absolute atomic E-state index is 0.0588. The van der Waals surface area contributed by atoms with Crippen molar-refractivity contribution in [1.29, 1.82) is 0 Å². The lowest BCUT2D eigenvalue weighted by Crippen LogP contribution is -1.99. The monoisotopic (exact) mass is 339 g/mol. The van der Waals surface area contributed by atoms with Crippen molar-refractivity contribution in [3.05, 3.63) is 35.4 Å². The second kappa shape index (κ2) is 6.24. The first-order valence-corrected chi connectivity index (χ1v) is 8.16. The Morgan fingerprint density at radius 1 is 0.840 bits per heavy atom. The van der Waals surface area contributed by atoms with E-state index in [2.05, 4.69) is 11.5 Å². The van der Waals surface area contributed by atoms with Gasteiger partial charge in [-0.25, -0.2) is 0 Å². The highest BCUT2D eigenvalue weighted by Gasteiger charge is 2.19. The van der Waals surface area contributed by atoms with E-state index in [1.54, 1.807) is 14.2 Å². The second-order valence-electron chi connectivity index (χ2n) is 6.00. The number of Topliss-reactive ketones (excluding diaryl/α,β-unsaturated/α-hetero) is 2. The lowest BCUT2D eigenvalue weighted by atomic mass is 10.0. The summed E-state index contributed by atoms with van der Waals surface area (Å²) in [6, 6.07) is 7.47. The number of methoxy groups -OCH3 is 2. The topological polar surface area (TPSA) is 57.5 Å². The van der Waals surface area contributed by atoms with Gasteiger partial charge in [0.1, 0.15) is 11.5 Å². The van der Waals surface area contributed by atoms with Crippen LogP contribution in [0.15, 0.2) is 24.3 Å². The van der Waals surface area contributed by atoms with Gasteiger partial charge >= 0.3 is 0 Å². The number of hydrogen-bond acceptors (Lipinski definition) is 4. The van der Waals surface area contributed by atoms with Crippen LogP contribution in [0.1, 0.15) is 41.5 Å². The molecule has 25 heavy (non-hydrogen) atoms. The molecule has 0 fully saturated rings. The predicted octanol–water partition coefficient (Wildman–Crippen LogP) is 4.24. The Balaban J connectivity index is 2.51. The minimum atomic E-state index is -0.0588. The number of ether oxygens (including phenoxy) is 2. The van der Waals surface area contributed by atoms with Gasteiger partial charge in [-0.15, -0.1) is 0 Å². The van der Waals surface area contributed by atoms with E-state index in [0.717, 1.165) is 28.4 Å². The summed E-state index contributed by atoms with van der Waals surface area (Å²) in [5.74, 6) is 0.987. The highest BCUT2D eigenvalue weighted by molar-refractivity contribution is 6.14. The molecule has 3 rings (SSSR count). The molecule has 0 N–H and O–H groups in total. The van der Waals surface area contributed by atoms with Gasteiger partial charge in [0.15, 0.2) is 11.6 Å². The third kappa shape index (κ3) is 2.56. The summed E-state index contributed by atoms with van der Waals surface area (Å²) in [5, 5.41) is 1.85. The molecule has 3 aromatic rings. The molecule has 0 unspecified atom stereocenters. The molecule has 0 aliphatic carbocycles. The Morgan fingerprint density at radius 3 is 1.52 bits per heavy atom. The van der Waals surface area contributed by atoms with Gasteiger partial charge in [-0.05, 0) is 32.9 Å². The van der Waals surface area contributed by atoms with Crippen molar-refractivity contribution in [2.24, 2.45) is 0 Å². The summed E-state index contributed by atoms with van der Waals surface area (Å²) in [4.78, 5) is 24.0. The Labute approximate surface area is 146 Å². The van der Waals surface area contributed by atoms with E-state index in [-0.39, 0.29) is 11.6 Å². The summed E-state index contributed by atoms with van der Waals surface area (Å²) in [6.07, 6.45) is 0. The van der Waals surface area contributed by atoms with Crippen LogP contribution in [0.3, 0.4) is 0 Å². The molecule has 0 saturated carbocycles. The first-order valence-electron chi connectivity index (χ1n) is 8.16. The van der Waals surface area contributed by atoms with E-state index >= 15 is 0 Å². The maximum absolute atomic E-state index is 12.0. The quantitative estimate of drug-likeness (QED) is 0.653. The number of nitrogens with zero attached hydrogens (tertiary/aromatic N) is 1. The van der Waals surface area contributed by atoms with Gasteiger partial charge in [-0.2, -0.15) is 0 Å². The fourth-order valence-corrected chi connectivity index (χ4v) is 3.37. The van der Waals surface area contributed by atoms with Crippen LogP contribution in [0.2, 0.25) is 0 Å². The largest absolute Gasteiger partial charge is 0.496 e. The predicted molar refractivity (Wildman–Crippen MR) is 98.2 cm³/mol. The first kappa shape index (κ1) is 17.0. The SMILES string of the molecule is CCn1c2cc(OC)c(C(C)=O)cc2c2cc(C(C)=O)c(OC)cc21. The summed E-state index contributed by atoms with van der Waals surface area (Å²) in [6.45, 7) is 5.83. The maximum atomic E-state index is 12.0. The zero-order valence-electron chi connectivity index (χ0n) is 15.1. The van der Waals surface area contributed by atoms with Crippen molar-refractivity contribution in [2.45, 2.75) is 27.3 Å². The zero-order chi connectivity index (χ0) is 18.3. The fraction of sp³-hybridized carbons (Fsp3) is 0.300. The average Bonchev–Trinajstić information content (AvgIpc) is 2.90. The van der Waals surface area contributed by atoms with E-state index in [1.165, 1.54) is 13.8 Å². The van der Waals surface area contributed by atoms with Crippen molar-refractivity contribution in [1.82, 2.24) is 4.57 Å². The van der Waals surface area contributed by atoms with Gasteiger partial charge in [0.05, 0.1) is 36.4 Å². The van der Waals surface area contributed by atoms with Gasteiger partial charge in [0.2, 0.25) is 0 Å². The molecule has 5 nitrogen and oxygen atoms in total. The molecule has 130 valence electrons. The highest BCUT2D eigenvalue weighted by Crippen LogP contribution is 2.37. The number of carbonyl (C=O) groups is 2. The third-order valence-corrected chi connectivity index (χ3v) is 4.58. The Morgan fingerprint density at radius 2 is 1.24 bits per heavy atom. The van der Waals surface area contributed by atoms with Crippen LogP contribution >= 0.6 is 0 Å². The maximum Gasteiger partial charge on any atom is 0.163 e. The smallest absolute Gasteiger partial charge is 0.163 e. The number of carbonyl (C=O) groups excluding carboxylic acids is 2. The molecule has 0 amide bonds. The van der Waals surface area contributed by atoms with Crippen LogP contribution in [0.4, 0.5) is 0 Å². The van der Waals surface area contributed by atoms with Crippen LogP contribution in [0, 0.1) is 0 Å². The molecule has 0 radical (unpaired) electrons. The number of ketones is 2. The molecule has 1 heterocycles. The zero-order valence-corrected chi connectivity index (χ0v) is 15.1. The van der Waals surface area contributed by atoms with Gasteiger partial charge in [-0.3, -0.25) is 9.59 Å². The summed E-state index contributed by atoms with van der Waals surface area (Å²) in [7, 11) is 3.12. The second-order valence-corrected chi connectivity index (χ2v) is 6.00. The van der Waals surface area contributed by atoms with Crippen LogP contribution in [-0.4, -0.2) is 30.4 Å². The molecule has 0 saturated heterocycles. The number of benzene rings is 2. The minimum Gasteiger partial charge on any atom is -0.496 e. The van der Waals surface area contributed by atoms with Crippen molar-refractivity contribution in [2.75, 3.05) is 14.2 Å². The number of aromatic nitrogens is 1. The lowest BCUT2D eigenvalue weighted by Gasteiger charge is -2.09. The van der Waals surface area contributed by atoms with E-state index < -0.39 is 0 Å². The van der Waals surface area contributed by atoms with Gasteiger partial charge in [0, 0.05) is 29.4 Å². The molecular formula is C20H21NO4. The van der Waals surface area contributed by atoms with Crippen LogP contribution in [0.25, 0.3) is 21.8 Å². The number of fused-ring (bicyclic) bond motifs is 3. The Kier molecular flexibility index (Phi) is 4.25. The lowest BCUT2D eigenvalue weighted by molar-refractivity contribution is 0.100. The van der Waals surface area contributed by atoms with Crippen molar-refractivity contribution in [3.63, 3.8) is 0 Å². The average molecular weight is 339 g/mol. The molecule has 1 aromatic heterocycles. The van der Waals surface area contributed by atoms with Crippen LogP contribution in [-0.2, 0) is 6.54 Å². The van der Waals surface area contributed by atoms with Gasteiger partial charge in [0.25, 0.3) is 0 Å². The van der Waals surface area contributed by atoms with Gasteiger partial charge in [-0.1, -0.05) is 0 Å². The Hall–Kier alpha value is -2.82. The Bertz CT molecular complexity index is 935. The highest BCUT2D eigenvalue weighted by atomic mass is 16.5. The van der Waals surface area contributed by atoms with Crippen molar-refractivity contribution >= 4 is 33.4 Å². The molecule has 2 aromatic carbocycles. The molecule has 5 heteroatoms. The molecule has 0 aliphatic rings. The van der Waals surface area contributed by atoms with Crippen molar-refractivity contribution in [3.8, 4) is 11.5 Å². The molecule has 0 spiro atoms. The summed E-state index contributed by atoms with van der Waals surface area (Å²) in [5.41, 5.74) is 2.99. The van der Waals surface area contributed by atoms with E-state index in [4.69, 9.17) is 9.47 Å². The van der Waals surface area contributed by atoms with Crippen LogP contribution in [0.5, 0.6) is 11.5 Å². The first-order chi connectivity index (χ1) is 11.9. The van der Waals surface area contributed by atoms with Gasteiger partial charge < -0.3 is 14.0 Å². The van der Waals surface area contributed by atoms with E-state index in [1.807, 2.05) is 24.3 Å². The number of rotatable bonds is 5. The third-order valence-electron chi connectivity index (χ3n) is 4.58. The molecule has 0 bridgehead atoms. The van der Waals surface area contributed by atoms with Crippen molar-refractivity contribution < 1.29 is 19.1 Å². The molecule has 0 aliphatic heterocycles. The fourth-order valence-electron chi connectivity index (χ4n) is 3.37. The normalized spacial score (nSPS) is 11.1. The van der Waals surface area contributed by atoms with E-state index in [9.17, 15) is 9.59 Å². The van der Waals surface area contributed by atoms with E-state index in [0.29, 0.717) is 22.6 Å². The van der Waals surface area contributed by atoms with Crippen LogP contribution < -0.4 is 9.47 Å². The number of hydrogen-bond donors (Lipinski definition) is 0.